The minimum Gasteiger partial charge on any atom is -0.465 e. The van der Waals surface area contributed by atoms with Crippen molar-refractivity contribution in [3.8, 4) is 0 Å². The molecule has 0 bridgehead atoms. The molecule has 134 valence electrons. The molecule has 0 aliphatic carbocycles. The van der Waals surface area contributed by atoms with Gasteiger partial charge in [0.05, 0.1) is 20.9 Å². The number of carboxylic acid groups (broad SMARTS) is 1. The first kappa shape index (κ1) is 17.9. The average Bonchev–Trinajstić information content (AvgIpc) is 2.95. The van der Waals surface area contributed by atoms with E-state index in [2.05, 4.69) is 38.9 Å². The van der Waals surface area contributed by atoms with Crippen LogP contribution in [0.25, 0.3) is 15.9 Å². The van der Waals surface area contributed by atoms with Crippen molar-refractivity contribution in [3.63, 3.8) is 0 Å². The number of benzene rings is 1. The van der Waals surface area contributed by atoms with Gasteiger partial charge in [-0.3, -0.25) is 4.90 Å². The first-order chi connectivity index (χ1) is 11.8. The van der Waals surface area contributed by atoms with E-state index >= 15 is 0 Å². The highest BCUT2D eigenvalue weighted by atomic mass is 32.1. The predicted octanol–water partition coefficient (Wildman–Crippen LogP) is 4.15. The minimum atomic E-state index is -0.892. The number of hydrogen-bond donors (Lipinski definition) is 1. The molecule has 1 amide bonds. The first-order valence-corrected chi connectivity index (χ1v) is 9.43. The summed E-state index contributed by atoms with van der Waals surface area (Å²) in [6, 6.07) is 6.53. The monoisotopic (exact) mass is 359 g/mol. The number of rotatable bonds is 4. The van der Waals surface area contributed by atoms with Crippen molar-refractivity contribution >= 4 is 33.3 Å². The molecule has 0 saturated carbocycles. The molecule has 0 unspecified atom stereocenters. The zero-order chi connectivity index (χ0) is 18.1. The van der Waals surface area contributed by atoms with E-state index in [9.17, 15) is 9.90 Å². The van der Waals surface area contributed by atoms with Crippen LogP contribution in [0.2, 0.25) is 0 Å². The highest BCUT2D eigenvalue weighted by Crippen LogP contribution is 2.31. The lowest BCUT2D eigenvalue weighted by Gasteiger charge is -2.29. The van der Waals surface area contributed by atoms with Crippen LogP contribution in [0, 0.1) is 5.92 Å². The van der Waals surface area contributed by atoms with Gasteiger partial charge in [-0.05, 0) is 45.5 Å². The summed E-state index contributed by atoms with van der Waals surface area (Å²) in [5.41, 5.74) is 2.66. The van der Waals surface area contributed by atoms with Crippen LogP contribution < -0.4 is 0 Å². The van der Waals surface area contributed by atoms with Crippen LogP contribution in [-0.2, 0) is 6.42 Å². The Morgan fingerprint density at radius 1 is 1.48 bits per heavy atom. The molecule has 3 rings (SSSR count). The van der Waals surface area contributed by atoms with Crippen LogP contribution in [0.3, 0.4) is 0 Å². The summed E-state index contributed by atoms with van der Waals surface area (Å²) in [5, 5.41) is 10.6. The van der Waals surface area contributed by atoms with Crippen molar-refractivity contribution in [3.05, 3.63) is 34.8 Å². The summed E-state index contributed by atoms with van der Waals surface area (Å²) in [6.07, 6.45) is 2.96. The van der Waals surface area contributed by atoms with E-state index in [-0.39, 0.29) is 0 Å². The Hall–Kier alpha value is -1.92. The van der Waals surface area contributed by atoms with Crippen LogP contribution in [0.4, 0.5) is 4.79 Å². The van der Waals surface area contributed by atoms with Gasteiger partial charge in [0.2, 0.25) is 0 Å². The standard InChI is InChI=1S/C19H25N3O2S/c1-12-5-7-16(22(11-12)19(23)24)14-6-8-17-15(10-14)20-18(25-17)9-13(2)21(3)4/h6-8,10,12-13H,5,9,11H2,1-4H3,(H,23,24)/t12-,13+/m0/s1. The van der Waals surface area contributed by atoms with Gasteiger partial charge in [0.25, 0.3) is 0 Å². The number of likely N-dealkylation sites (N-methyl/N-ethyl adjacent to an activating group) is 1. The maximum absolute atomic E-state index is 11.6. The molecule has 0 spiro atoms. The molecule has 25 heavy (non-hydrogen) atoms. The van der Waals surface area contributed by atoms with E-state index in [1.165, 1.54) is 4.90 Å². The quantitative estimate of drug-likeness (QED) is 0.891. The zero-order valence-electron chi connectivity index (χ0n) is 15.2. The number of carbonyl (C=O) groups is 1. The smallest absolute Gasteiger partial charge is 0.411 e. The Bertz CT molecular complexity index is 812. The molecule has 1 aromatic carbocycles. The lowest BCUT2D eigenvalue weighted by Crippen LogP contribution is -2.34. The van der Waals surface area contributed by atoms with Gasteiger partial charge in [0, 0.05) is 24.6 Å². The third-order valence-corrected chi connectivity index (χ3v) is 5.87. The molecule has 2 aromatic rings. The fourth-order valence-electron chi connectivity index (χ4n) is 3.02. The SMILES string of the molecule is C[C@H]1CC=C(c2ccc3sc(C[C@@H](C)N(C)C)nc3c2)N(C(=O)O)C1. The Morgan fingerprint density at radius 3 is 2.92 bits per heavy atom. The summed E-state index contributed by atoms with van der Waals surface area (Å²) in [6.45, 7) is 4.81. The molecule has 5 nitrogen and oxygen atoms in total. The molecule has 0 saturated heterocycles. The van der Waals surface area contributed by atoms with E-state index in [1.807, 2.05) is 18.2 Å². The number of amides is 1. The van der Waals surface area contributed by atoms with Crippen molar-refractivity contribution in [1.82, 2.24) is 14.8 Å². The molecule has 1 aromatic heterocycles. The molecule has 1 aliphatic rings. The molecule has 0 fully saturated rings. The van der Waals surface area contributed by atoms with E-state index in [1.54, 1.807) is 11.3 Å². The van der Waals surface area contributed by atoms with Crippen molar-refractivity contribution < 1.29 is 9.90 Å². The number of allylic oxidation sites excluding steroid dienone is 1. The number of hydrogen-bond acceptors (Lipinski definition) is 4. The van der Waals surface area contributed by atoms with Gasteiger partial charge in [-0.15, -0.1) is 11.3 Å². The second kappa shape index (κ2) is 7.14. The third kappa shape index (κ3) is 3.85. The number of fused-ring (bicyclic) bond motifs is 1. The summed E-state index contributed by atoms with van der Waals surface area (Å²) in [7, 11) is 4.15. The lowest BCUT2D eigenvalue weighted by atomic mass is 9.98. The highest BCUT2D eigenvalue weighted by Gasteiger charge is 2.25. The molecular weight excluding hydrogens is 334 g/mol. The van der Waals surface area contributed by atoms with Crippen LogP contribution in [0.1, 0.15) is 30.8 Å². The molecule has 1 N–H and O–H groups in total. The maximum Gasteiger partial charge on any atom is 0.411 e. The largest absolute Gasteiger partial charge is 0.465 e. The summed E-state index contributed by atoms with van der Waals surface area (Å²) < 4.78 is 1.15. The van der Waals surface area contributed by atoms with Crippen LogP contribution in [0.5, 0.6) is 0 Å². The Labute approximate surface area is 152 Å². The number of nitrogens with zero attached hydrogens (tertiary/aromatic N) is 3. The second-order valence-electron chi connectivity index (χ2n) is 7.13. The zero-order valence-corrected chi connectivity index (χ0v) is 16.0. The third-order valence-electron chi connectivity index (χ3n) is 4.81. The fraction of sp³-hybridized carbons (Fsp3) is 0.474. The van der Waals surface area contributed by atoms with Crippen LogP contribution in [-0.4, -0.2) is 52.7 Å². The van der Waals surface area contributed by atoms with Gasteiger partial charge in [0.1, 0.15) is 0 Å². The van der Waals surface area contributed by atoms with Gasteiger partial charge in [-0.2, -0.15) is 0 Å². The van der Waals surface area contributed by atoms with Gasteiger partial charge in [-0.25, -0.2) is 9.78 Å². The van der Waals surface area contributed by atoms with E-state index < -0.39 is 6.09 Å². The lowest BCUT2D eigenvalue weighted by molar-refractivity contribution is 0.159. The van der Waals surface area contributed by atoms with Crippen LogP contribution in [0.15, 0.2) is 24.3 Å². The van der Waals surface area contributed by atoms with Crippen molar-refractivity contribution in [2.75, 3.05) is 20.6 Å². The Balaban J connectivity index is 1.91. The second-order valence-corrected chi connectivity index (χ2v) is 8.25. The number of thiazole rings is 1. The molecule has 6 heteroatoms. The van der Waals surface area contributed by atoms with Gasteiger partial charge < -0.3 is 10.0 Å². The topological polar surface area (TPSA) is 56.7 Å². The molecule has 0 radical (unpaired) electrons. The molecule has 2 heterocycles. The fourth-order valence-corrected chi connectivity index (χ4v) is 4.09. The first-order valence-electron chi connectivity index (χ1n) is 8.62. The van der Waals surface area contributed by atoms with Crippen LogP contribution >= 0.6 is 11.3 Å². The summed E-state index contributed by atoms with van der Waals surface area (Å²) >= 11 is 1.72. The average molecular weight is 359 g/mol. The Morgan fingerprint density at radius 2 is 2.24 bits per heavy atom. The van der Waals surface area contributed by atoms with Gasteiger partial charge in [-0.1, -0.05) is 19.1 Å². The van der Waals surface area contributed by atoms with Gasteiger partial charge >= 0.3 is 6.09 Å². The van der Waals surface area contributed by atoms with Crippen molar-refractivity contribution in [1.29, 1.82) is 0 Å². The van der Waals surface area contributed by atoms with E-state index in [0.29, 0.717) is 18.5 Å². The van der Waals surface area contributed by atoms with Gasteiger partial charge in [0.15, 0.2) is 0 Å². The molecule has 2 atom stereocenters. The maximum atomic E-state index is 11.6. The molecule has 1 aliphatic heterocycles. The molecular formula is C19H25N3O2S. The summed E-state index contributed by atoms with van der Waals surface area (Å²) in [5.74, 6) is 0.349. The van der Waals surface area contributed by atoms with E-state index in [4.69, 9.17) is 4.98 Å². The summed E-state index contributed by atoms with van der Waals surface area (Å²) in [4.78, 5) is 20.0. The van der Waals surface area contributed by atoms with E-state index in [0.717, 1.165) is 39.3 Å². The Kier molecular flexibility index (Phi) is 5.11. The predicted molar refractivity (Wildman–Crippen MR) is 103 cm³/mol. The van der Waals surface area contributed by atoms with Crippen molar-refractivity contribution in [2.24, 2.45) is 5.92 Å². The van der Waals surface area contributed by atoms with Crippen molar-refractivity contribution in [2.45, 2.75) is 32.7 Å². The number of aromatic nitrogens is 1. The minimum absolute atomic E-state index is 0.349. The highest BCUT2D eigenvalue weighted by molar-refractivity contribution is 7.18. The normalized spacial score (nSPS) is 19.3.